The van der Waals surface area contributed by atoms with Crippen molar-refractivity contribution < 1.29 is 23.8 Å². The van der Waals surface area contributed by atoms with Gasteiger partial charge in [-0.2, -0.15) is 5.01 Å². The number of carbonyl (C=O) groups excluding carboxylic acids is 2. The predicted octanol–water partition coefficient (Wildman–Crippen LogP) is 7.07. The zero-order valence-electron chi connectivity index (χ0n) is 29.2. The number of anilines is 1. The number of nitrogens with two attached hydrogens (primary N) is 1. The van der Waals surface area contributed by atoms with Crippen molar-refractivity contribution in [3.63, 3.8) is 0 Å². The van der Waals surface area contributed by atoms with Crippen LogP contribution in [0.25, 0.3) is 11.0 Å². The molecule has 5 rings (SSSR count). The van der Waals surface area contributed by atoms with Crippen LogP contribution in [0.1, 0.15) is 101 Å². The first-order valence-electron chi connectivity index (χ1n) is 16.5. The summed E-state index contributed by atoms with van der Waals surface area (Å²) >= 11 is 0. The number of hydrazine groups is 2. The molecule has 3 N–H and O–H groups in total. The molecule has 0 spiro atoms. The second kappa shape index (κ2) is 12.0. The number of rotatable bonds is 4. The first kappa shape index (κ1) is 33.9. The number of amides is 2. The number of aromatic nitrogens is 2. The molecule has 1 saturated heterocycles. The summed E-state index contributed by atoms with van der Waals surface area (Å²) in [7, 11) is 0. The van der Waals surface area contributed by atoms with E-state index in [-0.39, 0.29) is 23.4 Å². The molecule has 252 valence electrons. The molecule has 46 heavy (non-hydrogen) atoms. The molecule has 4 unspecified atom stereocenters. The Kier molecular flexibility index (Phi) is 8.85. The summed E-state index contributed by atoms with van der Waals surface area (Å²) in [6.07, 6.45) is 6.69. The number of carbonyl (C=O) groups is 2. The highest BCUT2D eigenvalue weighted by Crippen LogP contribution is 2.56. The van der Waals surface area contributed by atoms with Crippen molar-refractivity contribution in [3.05, 3.63) is 47.2 Å². The molecule has 4 atom stereocenters. The van der Waals surface area contributed by atoms with E-state index in [4.69, 9.17) is 25.0 Å². The first-order valence-corrected chi connectivity index (χ1v) is 16.5. The van der Waals surface area contributed by atoms with Gasteiger partial charge >= 0.3 is 12.2 Å². The maximum atomic E-state index is 13.4. The highest BCUT2D eigenvalue weighted by molar-refractivity contribution is 5.91. The Morgan fingerprint density at radius 1 is 1.13 bits per heavy atom. The van der Waals surface area contributed by atoms with Gasteiger partial charge in [0.25, 0.3) is 0 Å². The van der Waals surface area contributed by atoms with Crippen LogP contribution in [-0.2, 0) is 26.3 Å². The van der Waals surface area contributed by atoms with E-state index in [1.807, 2.05) is 11.1 Å². The molecule has 2 aromatic heterocycles. The van der Waals surface area contributed by atoms with E-state index in [1.165, 1.54) is 11.1 Å². The number of ether oxygens (including phenoxy) is 3. The lowest BCUT2D eigenvalue weighted by Crippen LogP contribution is -2.61. The Balaban J connectivity index is 1.66. The fraction of sp³-hybridized carbons (Fsp3) is 0.629. The molecular weight excluding hydrogens is 584 g/mol. The average molecular weight is 637 g/mol. The number of allylic oxidation sites excluding steroid dienone is 3. The predicted molar refractivity (Wildman–Crippen MR) is 179 cm³/mol. The van der Waals surface area contributed by atoms with E-state index in [2.05, 4.69) is 55.9 Å². The van der Waals surface area contributed by atoms with Gasteiger partial charge in [-0.15, -0.1) is 0 Å². The molecule has 11 nitrogen and oxygen atoms in total. The van der Waals surface area contributed by atoms with E-state index < -0.39 is 28.9 Å². The molecule has 2 amide bonds. The largest absolute Gasteiger partial charge is 0.443 e. The molecule has 4 heterocycles. The molecule has 0 saturated carbocycles. The number of hydrogen-bond acceptors (Lipinski definition) is 8. The summed E-state index contributed by atoms with van der Waals surface area (Å²) in [5.74, 6) is 7.67. The van der Waals surface area contributed by atoms with Gasteiger partial charge in [-0.25, -0.2) is 25.0 Å². The number of nitrogens with zero attached hydrogens (tertiary/aromatic N) is 4. The van der Waals surface area contributed by atoms with E-state index in [1.54, 1.807) is 47.6 Å². The lowest BCUT2D eigenvalue weighted by atomic mass is 9.61. The number of fused-ring (bicyclic) bond motifs is 4. The molecule has 0 radical (unpaired) electrons. The van der Waals surface area contributed by atoms with Crippen LogP contribution < -0.4 is 16.3 Å². The smallest absolute Gasteiger partial charge is 0.435 e. The number of pyridine rings is 1. The van der Waals surface area contributed by atoms with Crippen LogP contribution in [0.5, 0.6) is 0 Å². The van der Waals surface area contributed by atoms with E-state index in [9.17, 15) is 9.59 Å². The minimum Gasteiger partial charge on any atom is -0.443 e. The molecular formula is C35H52N6O5. The maximum absolute atomic E-state index is 13.4. The molecule has 2 aromatic rings. The van der Waals surface area contributed by atoms with Crippen molar-refractivity contribution in [1.29, 1.82) is 0 Å². The summed E-state index contributed by atoms with van der Waals surface area (Å²) in [6.45, 7) is 20.9. The van der Waals surface area contributed by atoms with Gasteiger partial charge in [0.05, 0.1) is 16.6 Å². The normalized spacial score (nSPS) is 26.5. The lowest BCUT2D eigenvalue weighted by molar-refractivity contribution is -0.129. The van der Waals surface area contributed by atoms with Crippen molar-refractivity contribution in [2.75, 3.05) is 11.6 Å². The Labute approximate surface area is 273 Å². The van der Waals surface area contributed by atoms with Crippen LogP contribution in [0, 0.1) is 11.3 Å². The molecule has 3 aliphatic rings. The van der Waals surface area contributed by atoms with Crippen LogP contribution >= 0.6 is 0 Å². The highest BCUT2D eigenvalue weighted by Gasteiger charge is 2.54. The number of hydrogen-bond donors (Lipinski definition) is 2. The fourth-order valence-corrected chi connectivity index (χ4v) is 7.32. The average Bonchev–Trinajstić information content (AvgIpc) is 3.32. The molecule has 0 aromatic carbocycles. The van der Waals surface area contributed by atoms with Gasteiger partial charge in [0.1, 0.15) is 17.4 Å². The van der Waals surface area contributed by atoms with Gasteiger partial charge in [-0.1, -0.05) is 38.5 Å². The van der Waals surface area contributed by atoms with Crippen LogP contribution in [0.3, 0.4) is 0 Å². The second-order valence-electron chi connectivity index (χ2n) is 15.2. The summed E-state index contributed by atoms with van der Waals surface area (Å²) in [5, 5.41) is 2.94. The summed E-state index contributed by atoms with van der Waals surface area (Å²) in [5.41, 5.74) is 5.24. The van der Waals surface area contributed by atoms with E-state index in [0.717, 1.165) is 41.9 Å². The van der Waals surface area contributed by atoms with Gasteiger partial charge in [0.2, 0.25) is 0 Å². The standard InChI is InChI=1S/C35H52N6O5/c1-11-23-22(2)17-18-34(9)21-39-25-15-16-27(40(31(43)46-33(6,7)8)38-30(42)45-32(3,4)5)37-24(25)20-26(39)35(10,29(23)34)41(36)28-14-12-13-19-44-28/h15-18,20,22,28H,11-14,19,21,36H2,1-10H3,(H,38,42). The summed E-state index contributed by atoms with van der Waals surface area (Å²) in [4.78, 5) is 31.2. The third-order valence-corrected chi connectivity index (χ3v) is 9.18. The molecule has 2 aliphatic heterocycles. The van der Waals surface area contributed by atoms with Crippen molar-refractivity contribution in [3.8, 4) is 0 Å². The summed E-state index contributed by atoms with van der Waals surface area (Å²) in [6, 6.07) is 5.70. The minimum absolute atomic E-state index is 0.197. The third-order valence-electron chi connectivity index (χ3n) is 9.18. The van der Waals surface area contributed by atoms with Crippen molar-refractivity contribution >= 4 is 29.0 Å². The lowest BCUT2D eigenvalue weighted by Gasteiger charge is -2.55. The molecule has 1 fully saturated rings. The SMILES string of the molecule is CCC1=C2C(C)(C=CC1C)Cn1c(cc3nc(N(NC(=O)OC(C)(C)C)C(=O)OC(C)(C)C)ccc31)C2(C)N(N)C1CCCCO1. The molecule has 0 bridgehead atoms. The highest BCUT2D eigenvalue weighted by atomic mass is 16.6. The Hall–Kier alpha value is -3.41. The van der Waals surface area contributed by atoms with Gasteiger partial charge in [-0.05, 0) is 104 Å². The van der Waals surface area contributed by atoms with Crippen LogP contribution in [-0.4, -0.2) is 50.8 Å². The van der Waals surface area contributed by atoms with Crippen molar-refractivity contribution in [2.24, 2.45) is 17.2 Å². The minimum atomic E-state index is -0.807. The van der Waals surface area contributed by atoms with Crippen LogP contribution in [0.4, 0.5) is 15.4 Å². The number of nitrogens with one attached hydrogen (secondary N) is 1. The topological polar surface area (TPSA) is 124 Å². The van der Waals surface area contributed by atoms with Gasteiger partial charge in [-0.3, -0.25) is 5.84 Å². The van der Waals surface area contributed by atoms with Crippen LogP contribution in [0.15, 0.2) is 41.5 Å². The monoisotopic (exact) mass is 636 g/mol. The van der Waals surface area contributed by atoms with Crippen molar-refractivity contribution in [2.45, 2.75) is 124 Å². The quantitative estimate of drug-likeness (QED) is 0.208. The Morgan fingerprint density at radius 3 is 2.43 bits per heavy atom. The maximum Gasteiger partial charge on any atom is 0.435 e. The van der Waals surface area contributed by atoms with E-state index >= 15 is 0 Å². The van der Waals surface area contributed by atoms with Crippen molar-refractivity contribution in [1.82, 2.24) is 20.0 Å². The Bertz CT molecular complexity index is 1560. The zero-order chi connectivity index (χ0) is 33.8. The third kappa shape index (κ3) is 6.29. The zero-order valence-corrected chi connectivity index (χ0v) is 29.2. The summed E-state index contributed by atoms with van der Waals surface area (Å²) < 4.78 is 19.7. The fourth-order valence-electron chi connectivity index (χ4n) is 7.32. The molecule has 11 heteroatoms. The van der Waals surface area contributed by atoms with Gasteiger partial charge < -0.3 is 18.8 Å². The van der Waals surface area contributed by atoms with Gasteiger partial charge in [0, 0.05) is 24.3 Å². The second-order valence-corrected chi connectivity index (χ2v) is 15.2. The van der Waals surface area contributed by atoms with Crippen LogP contribution in [0.2, 0.25) is 0 Å². The Morgan fingerprint density at radius 2 is 1.83 bits per heavy atom. The van der Waals surface area contributed by atoms with Gasteiger partial charge in [0.15, 0.2) is 5.82 Å². The first-order chi connectivity index (χ1) is 21.4. The van der Waals surface area contributed by atoms with E-state index in [0.29, 0.717) is 18.7 Å². The molecule has 1 aliphatic carbocycles.